The molecule has 1 unspecified atom stereocenters. The molecule has 36 heavy (non-hydrogen) atoms. The van der Waals surface area contributed by atoms with E-state index >= 15 is 0 Å². The van der Waals surface area contributed by atoms with Crippen LogP contribution in [-0.4, -0.2) is 46.2 Å². The predicted octanol–water partition coefficient (Wildman–Crippen LogP) is 6.77. The second kappa shape index (κ2) is 25.8. The van der Waals surface area contributed by atoms with Crippen molar-refractivity contribution < 1.29 is 33.8 Å². The van der Waals surface area contributed by atoms with Crippen LogP contribution in [-0.2, 0) is 20.6 Å². The largest absolute Gasteiger partial charge is 0.466 e. The lowest BCUT2D eigenvalue weighted by Gasteiger charge is -2.15. The van der Waals surface area contributed by atoms with Crippen molar-refractivity contribution in [2.24, 2.45) is 5.92 Å². The van der Waals surface area contributed by atoms with Crippen molar-refractivity contribution in [3.05, 3.63) is 35.9 Å². The number of unbranched alkanes of at least 4 members (excludes halogenated alkanes) is 14. The molecule has 0 heterocycles. The molecule has 212 valence electrons. The van der Waals surface area contributed by atoms with Crippen LogP contribution in [0.3, 0.4) is 0 Å². The molecule has 0 amide bonds. The summed E-state index contributed by atoms with van der Waals surface area (Å²) in [6.07, 6.45) is 20.7. The van der Waals surface area contributed by atoms with Gasteiger partial charge in [0, 0.05) is 12.5 Å². The van der Waals surface area contributed by atoms with E-state index in [1.807, 2.05) is 18.2 Å². The van der Waals surface area contributed by atoms with Crippen LogP contribution in [0.2, 0.25) is 0 Å². The minimum Gasteiger partial charge on any atom is -0.396 e. The maximum atomic E-state index is 9.50. The molecule has 4 N–H and O–H groups in total. The quantitative estimate of drug-likeness (QED) is 0.0907. The molecular weight excluding hydrogens is 479 g/mol. The van der Waals surface area contributed by atoms with E-state index in [0.29, 0.717) is 19.8 Å². The molecule has 0 saturated carbocycles. The minimum absolute atomic E-state index is 0.0695. The number of ether oxygens (including phenoxy) is 2. The van der Waals surface area contributed by atoms with Crippen LogP contribution in [0.4, 0.5) is 0 Å². The topological polar surface area (TPSA) is 116 Å². The highest BCUT2D eigenvalue weighted by Gasteiger charge is 2.08. The fourth-order valence-corrected chi connectivity index (χ4v) is 3.90. The van der Waals surface area contributed by atoms with Crippen LogP contribution in [0.15, 0.2) is 30.3 Å². The molecule has 0 aromatic heterocycles. The molecule has 0 bridgehead atoms. The predicted molar refractivity (Wildman–Crippen MR) is 147 cm³/mol. The van der Waals surface area contributed by atoms with Gasteiger partial charge < -0.3 is 29.3 Å². The summed E-state index contributed by atoms with van der Waals surface area (Å²) in [4.78, 5) is 21.6. The molecule has 0 aliphatic rings. The second-order valence-corrected chi connectivity index (χ2v) is 10.6. The molecule has 0 aliphatic heterocycles. The molecule has 1 aromatic carbocycles. The summed E-state index contributed by atoms with van der Waals surface area (Å²) in [5.41, 5.74) is 1.16. The minimum atomic E-state index is -4.64. The highest BCUT2D eigenvalue weighted by atomic mass is 31.2. The smallest absolute Gasteiger partial charge is 0.396 e. The first-order valence-corrected chi connectivity index (χ1v) is 15.5. The van der Waals surface area contributed by atoms with Gasteiger partial charge in [-0.25, -0.2) is 4.57 Å². The molecular formula is C28H53O7P. The van der Waals surface area contributed by atoms with Gasteiger partial charge in [0.05, 0.1) is 26.4 Å². The average Bonchev–Trinajstić information content (AvgIpc) is 2.84. The lowest BCUT2D eigenvalue weighted by atomic mass is 10.0. The number of phosphoric acid groups is 1. The fourth-order valence-electron chi connectivity index (χ4n) is 3.90. The monoisotopic (exact) mass is 532 g/mol. The van der Waals surface area contributed by atoms with E-state index in [4.69, 9.17) is 28.7 Å². The van der Waals surface area contributed by atoms with Crippen LogP contribution in [0, 0.1) is 5.92 Å². The maximum absolute atomic E-state index is 9.50. The van der Waals surface area contributed by atoms with Gasteiger partial charge in [0.2, 0.25) is 0 Å². The molecule has 8 heteroatoms. The third-order valence-corrected chi connectivity index (χ3v) is 5.97. The molecule has 1 rings (SSSR count). The Morgan fingerprint density at radius 1 is 0.694 bits per heavy atom. The Balaban J connectivity index is 0.00000222. The third-order valence-electron chi connectivity index (χ3n) is 5.97. The number of aliphatic hydroxyl groups excluding tert-OH is 1. The van der Waals surface area contributed by atoms with Gasteiger partial charge in [-0.05, 0) is 12.0 Å². The lowest BCUT2D eigenvalue weighted by molar-refractivity contribution is 0.00977. The van der Waals surface area contributed by atoms with Crippen molar-refractivity contribution in [3.63, 3.8) is 0 Å². The Labute approximate surface area is 219 Å². The summed E-state index contributed by atoms with van der Waals surface area (Å²) in [6, 6.07) is 10.2. The Morgan fingerprint density at radius 3 is 1.56 bits per heavy atom. The second-order valence-electron chi connectivity index (χ2n) is 9.59. The van der Waals surface area contributed by atoms with E-state index in [9.17, 15) is 5.11 Å². The number of hydrogen-bond donors (Lipinski definition) is 4. The van der Waals surface area contributed by atoms with Gasteiger partial charge in [0.15, 0.2) is 0 Å². The average molecular weight is 533 g/mol. The van der Waals surface area contributed by atoms with Crippen molar-refractivity contribution in [1.29, 1.82) is 0 Å². The van der Waals surface area contributed by atoms with Gasteiger partial charge in [-0.1, -0.05) is 127 Å². The molecule has 0 aliphatic carbocycles. The van der Waals surface area contributed by atoms with Crippen molar-refractivity contribution in [2.45, 2.75) is 110 Å². The highest BCUT2D eigenvalue weighted by molar-refractivity contribution is 7.45. The summed E-state index contributed by atoms with van der Waals surface area (Å²) in [5.74, 6) is 0.0695. The van der Waals surface area contributed by atoms with Crippen LogP contribution in [0.5, 0.6) is 0 Å². The van der Waals surface area contributed by atoms with E-state index in [2.05, 4.69) is 19.1 Å². The van der Waals surface area contributed by atoms with Crippen molar-refractivity contribution >= 4 is 7.82 Å². The summed E-state index contributed by atoms with van der Waals surface area (Å²) in [5, 5.41) is 9.50. The van der Waals surface area contributed by atoms with Gasteiger partial charge in [-0.2, -0.15) is 0 Å². The van der Waals surface area contributed by atoms with Crippen molar-refractivity contribution in [1.82, 2.24) is 0 Å². The number of rotatable bonds is 23. The Bertz CT molecular complexity index is 601. The highest BCUT2D eigenvalue weighted by Crippen LogP contribution is 2.25. The summed E-state index contributed by atoms with van der Waals surface area (Å²) < 4.78 is 20.4. The van der Waals surface area contributed by atoms with Crippen LogP contribution in [0.25, 0.3) is 0 Å². The van der Waals surface area contributed by atoms with Gasteiger partial charge in [-0.3, -0.25) is 0 Å². The molecule has 0 radical (unpaired) electrons. The van der Waals surface area contributed by atoms with Crippen LogP contribution >= 0.6 is 7.82 Å². The normalized spacial score (nSPS) is 12.2. The Hall–Kier alpha value is -0.790. The van der Waals surface area contributed by atoms with E-state index in [1.54, 1.807) is 0 Å². The molecule has 0 fully saturated rings. The molecule has 1 atom stereocenters. The van der Waals surface area contributed by atoms with E-state index < -0.39 is 7.82 Å². The molecule has 0 saturated heterocycles. The van der Waals surface area contributed by atoms with Gasteiger partial charge >= 0.3 is 7.82 Å². The van der Waals surface area contributed by atoms with Gasteiger partial charge in [0.25, 0.3) is 0 Å². The zero-order chi connectivity index (χ0) is 26.7. The van der Waals surface area contributed by atoms with Crippen LogP contribution in [0.1, 0.15) is 109 Å². The third kappa shape index (κ3) is 29.4. The first-order valence-electron chi connectivity index (χ1n) is 13.9. The van der Waals surface area contributed by atoms with E-state index in [0.717, 1.165) is 18.6 Å². The summed E-state index contributed by atoms with van der Waals surface area (Å²) >= 11 is 0. The van der Waals surface area contributed by atoms with Gasteiger partial charge in [0.1, 0.15) is 0 Å². The van der Waals surface area contributed by atoms with E-state index in [1.165, 1.54) is 89.9 Å². The summed E-state index contributed by atoms with van der Waals surface area (Å²) in [7, 11) is -4.64. The zero-order valence-electron chi connectivity index (χ0n) is 22.6. The SMILES string of the molecule is CCCCCCCCCCCCCCCCCOCC(CO)COCc1ccccc1.O=P(O)(O)O. The number of aliphatic hydroxyl groups is 1. The van der Waals surface area contributed by atoms with Crippen LogP contribution < -0.4 is 0 Å². The lowest BCUT2D eigenvalue weighted by Crippen LogP contribution is -2.20. The first-order chi connectivity index (χ1) is 17.4. The fraction of sp³-hybridized carbons (Fsp3) is 0.786. The first kappa shape index (κ1) is 35.2. The van der Waals surface area contributed by atoms with Gasteiger partial charge in [-0.15, -0.1) is 0 Å². The zero-order valence-corrected chi connectivity index (χ0v) is 23.5. The number of benzene rings is 1. The Kier molecular flexibility index (Phi) is 25.3. The maximum Gasteiger partial charge on any atom is 0.466 e. The molecule has 0 spiro atoms. The van der Waals surface area contributed by atoms with Crippen molar-refractivity contribution in [3.8, 4) is 0 Å². The Morgan fingerprint density at radius 2 is 1.11 bits per heavy atom. The molecule has 1 aromatic rings. The summed E-state index contributed by atoms with van der Waals surface area (Å²) in [6.45, 7) is 4.93. The van der Waals surface area contributed by atoms with Crippen molar-refractivity contribution in [2.75, 3.05) is 26.4 Å². The number of hydrogen-bond acceptors (Lipinski definition) is 4. The van der Waals surface area contributed by atoms with E-state index in [-0.39, 0.29) is 12.5 Å². The molecule has 7 nitrogen and oxygen atoms in total. The standard InChI is InChI=1S/C28H50O3.H3O4P/c1-2-3-4-5-6-7-8-9-10-11-12-13-14-15-19-22-30-25-28(23-29)26-31-24-27-20-17-16-18-21-27;1-5(2,3)4/h16-18,20-21,28-29H,2-15,19,22-26H2,1H3;(H3,1,2,3,4).